The summed E-state index contributed by atoms with van der Waals surface area (Å²) < 4.78 is 48.6. The molecule has 0 aliphatic heterocycles. The van der Waals surface area contributed by atoms with Crippen LogP contribution in [0.15, 0.2) is 27.6 Å². The van der Waals surface area contributed by atoms with E-state index in [9.17, 15) is 17.4 Å². The maximum Gasteiger partial charge on any atom is 0.301 e. The maximum absolute atomic E-state index is 12.7. The summed E-state index contributed by atoms with van der Waals surface area (Å²) in [5, 5.41) is 3.82. The van der Waals surface area contributed by atoms with E-state index in [1.54, 1.807) is 12.4 Å². The lowest BCUT2D eigenvalue weighted by molar-refractivity contribution is 0.135. The van der Waals surface area contributed by atoms with Crippen LogP contribution in [0, 0.1) is 5.92 Å². The second kappa shape index (κ2) is 8.42. The summed E-state index contributed by atoms with van der Waals surface area (Å²) in [7, 11) is -1.58. The fraction of sp³-hybridized carbons (Fsp3) is 0.538. The zero-order chi connectivity index (χ0) is 15.9. The third-order valence-electron chi connectivity index (χ3n) is 2.89. The van der Waals surface area contributed by atoms with Crippen LogP contribution in [0.1, 0.15) is 24.1 Å². The van der Waals surface area contributed by atoms with Crippen molar-refractivity contribution in [3.05, 3.63) is 23.0 Å². The Balaban J connectivity index is 1.74. The topological polar surface area (TPSA) is 51.5 Å². The van der Waals surface area contributed by atoms with Crippen LogP contribution in [0.25, 0.3) is 0 Å². The molecule has 122 valence electrons. The highest BCUT2D eigenvalue weighted by Gasteiger charge is 2.21. The van der Waals surface area contributed by atoms with Crippen LogP contribution in [-0.4, -0.2) is 27.8 Å². The number of rotatable bonds is 9. The molecule has 0 saturated heterocycles. The minimum Gasteiger partial charge on any atom is -0.396 e. The van der Waals surface area contributed by atoms with Crippen LogP contribution in [0.3, 0.4) is 0 Å². The van der Waals surface area contributed by atoms with Crippen LogP contribution < -0.4 is 0 Å². The first-order valence-corrected chi connectivity index (χ1v) is 8.86. The van der Waals surface area contributed by atoms with E-state index in [1.807, 2.05) is 0 Å². The number of halogens is 3. The van der Waals surface area contributed by atoms with E-state index in [1.165, 1.54) is 24.2 Å². The van der Waals surface area contributed by atoms with Gasteiger partial charge in [-0.05, 0) is 18.8 Å². The number of aromatic nitrogens is 1. The van der Waals surface area contributed by atoms with Gasteiger partial charge in [-0.1, -0.05) is 5.16 Å². The lowest BCUT2D eigenvalue weighted by Gasteiger charge is -1.96. The molecule has 4 nitrogen and oxygen atoms in total. The zero-order valence-electron chi connectivity index (χ0n) is 11.6. The summed E-state index contributed by atoms with van der Waals surface area (Å²) in [4.78, 5) is 9.89. The van der Waals surface area contributed by atoms with Crippen LogP contribution in [0.5, 0.6) is 0 Å². The number of thiazole rings is 1. The van der Waals surface area contributed by atoms with E-state index in [0.29, 0.717) is 23.3 Å². The fourth-order valence-electron chi connectivity index (χ4n) is 1.47. The fourth-order valence-corrected chi connectivity index (χ4v) is 3.71. The highest BCUT2D eigenvalue weighted by molar-refractivity contribution is 7.87. The highest BCUT2D eigenvalue weighted by atomic mass is 32.2. The van der Waals surface area contributed by atoms with Crippen LogP contribution >= 0.6 is 11.3 Å². The van der Waals surface area contributed by atoms with Crippen LogP contribution in [0.4, 0.5) is 13.2 Å². The first kappa shape index (κ1) is 17.1. The van der Waals surface area contributed by atoms with Crippen molar-refractivity contribution in [2.45, 2.75) is 30.0 Å². The van der Waals surface area contributed by atoms with E-state index < -0.39 is 29.1 Å². The highest BCUT2D eigenvalue weighted by Crippen LogP contribution is 2.28. The van der Waals surface area contributed by atoms with Gasteiger partial charge in [-0.3, -0.25) is 4.21 Å². The maximum atomic E-state index is 12.7. The number of oxime groups is 1. The predicted molar refractivity (Wildman–Crippen MR) is 79.2 cm³/mol. The molecule has 1 aliphatic carbocycles. The molecule has 1 atom stereocenters. The molecule has 0 N–H and O–H groups in total. The number of allylic oxidation sites excluding steroid dienone is 1. The molecule has 0 amide bonds. The van der Waals surface area contributed by atoms with Gasteiger partial charge in [-0.25, -0.2) is 9.37 Å². The molecule has 1 aliphatic rings. The van der Waals surface area contributed by atoms with Crippen molar-refractivity contribution < 1.29 is 22.2 Å². The van der Waals surface area contributed by atoms with Gasteiger partial charge in [-0.2, -0.15) is 8.78 Å². The molecule has 1 aromatic heterocycles. The summed E-state index contributed by atoms with van der Waals surface area (Å²) in [5.41, 5.74) is 0. The Morgan fingerprint density at radius 3 is 2.95 bits per heavy atom. The molecule has 0 radical (unpaired) electrons. The van der Waals surface area contributed by atoms with Gasteiger partial charge in [-0.15, -0.1) is 11.3 Å². The molecule has 1 saturated carbocycles. The van der Waals surface area contributed by atoms with Gasteiger partial charge in [0.1, 0.15) is 6.61 Å². The molecule has 1 unspecified atom stereocenters. The predicted octanol–water partition coefficient (Wildman–Crippen LogP) is 3.67. The normalized spacial score (nSPS) is 16.0. The van der Waals surface area contributed by atoms with Crippen LogP contribution in [-0.2, 0) is 22.1 Å². The van der Waals surface area contributed by atoms with E-state index in [4.69, 9.17) is 4.84 Å². The van der Waals surface area contributed by atoms with Gasteiger partial charge in [0.05, 0.1) is 10.8 Å². The van der Waals surface area contributed by atoms with Gasteiger partial charge >= 0.3 is 6.08 Å². The molecule has 9 heteroatoms. The van der Waals surface area contributed by atoms with E-state index in [2.05, 4.69) is 10.1 Å². The van der Waals surface area contributed by atoms with Gasteiger partial charge in [0.2, 0.25) is 0 Å². The molecular weight excluding hydrogens is 337 g/mol. The van der Waals surface area contributed by atoms with Crippen molar-refractivity contribution in [3.63, 3.8) is 0 Å². The van der Waals surface area contributed by atoms with E-state index in [-0.39, 0.29) is 5.75 Å². The lowest BCUT2D eigenvalue weighted by Crippen LogP contribution is -1.98. The Kier molecular flexibility index (Phi) is 6.56. The molecule has 0 spiro atoms. The van der Waals surface area contributed by atoms with Gasteiger partial charge in [0, 0.05) is 35.9 Å². The summed E-state index contributed by atoms with van der Waals surface area (Å²) in [6.07, 6.45) is 3.12. The molecule has 2 rings (SSSR count). The molecule has 22 heavy (non-hydrogen) atoms. The van der Waals surface area contributed by atoms with E-state index >= 15 is 0 Å². The monoisotopic (exact) mass is 352 g/mol. The Morgan fingerprint density at radius 1 is 1.50 bits per heavy atom. The molecule has 1 heterocycles. The second-order valence-electron chi connectivity index (χ2n) is 4.79. The third kappa shape index (κ3) is 5.88. The number of nitrogens with zero attached hydrogens (tertiary/aromatic N) is 2. The summed E-state index contributed by atoms with van der Waals surface area (Å²) in [6.45, 7) is 0.638. The first-order chi connectivity index (χ1) is 10.6. The van der Waals surface area contributed by atoms with Crippen molar-refractivity contribution in [2.24, 2.45) is 11.1 Å². The van der Waals surface area contributed by atoms with Crippen molar-refractivity contribution in [3.8, 4) is 0 Å². The molecule has 0 bridgehead atoms. The summed E-state index contributed by atoms with van der Waals surface area (Å²) in [5.74, 6) is -1.10. The van der Waals surface area contributed by atoms with Gasteiger partial charge in [0.25, 0.3) is 0 Å². The molecule has 0 aromatic carbocycles. The smallest absolute Gasteiger partial charge is 0.301 e. The van der Waals surface area contributed by atoms with Crippen molar-refractivity contribution in [1.29, 1.82) is 0 Å². The van der Waals surface area contributed by atoms with Gasteiger partial charge < -0.3 is 4.84 Å². The Labute approximate surface area is 132 Å². The average molecular weight is 352 g/mol. The Morgan fingerprint density at radius 2 is 2.27 bits per heavy atom. The quantitative estimate of drug-likeness (QED) is 0.503. The van der Waals surface area contributed by atoms with Crippen molar-refractivity contribution in [2.75, 3.05) is 12.4 Å². The minimum atomic E-state index is -2.36. The summed E-state index contributed by atoms with van der Waals surface area (Å²) in [6, 6.07) is 0. The molecule has 1 aromatic rings. The average Bonchev–Trinajstić information content (AvgIpc) is 3.20. The first-order valence-electron chi connectivity index (χ1n) is 6.72. The second-order valence-corrected chi connectivity index (χ2v) is 7.65. The van der Waals surface area contributed by atoms with Gasteiger partial charge in [0.15, 0.2) is 10.2 Å². The molecule has 1 fully saturated rings. The largest absolute Gasteiger partial charge is 0.396 e. The minimum absolute atomic E-state index is 0.214. The molecular formula is C13H15F3N2O2S2. The third-order valence-corrected chi connectivity index (χ3v) is 5.58. The SMILES string of the molecule is O=S(CCC(F)=C(F)F)c1ncc(C/C=N/OCC2CC2)s1. The lowest BCUT2D eigenvalue weighted by atomic mass is 10.4. The van der Waals surface area contributed by atoms with Crippen molar-refractivity contribution in [1.82, 2.24) is 4.98 Å². The van der Waals surface area contributed by atoms with E-state index in [0.717, 1.165) is 4.88 Å². The standard InChI is InChI=1S/C13H15F3N2O2S2/c14-11(12(15)16)4-6-22(19)13-17-7-10(21-13)3-5-18-20-8-9-1-2-9/h5,7,9H,1-4,6,8H2/b18-5+. The number of hydrogen-bond acceptors (Lipinski definition) is 5. The number of hydrogen-bond donors (Lipinski definition) is 0. The summed E-state index contributed by atoms with van der Waals surface area (Å²) >= 11 is 1.19. The zero-order valence-corrected chi connectivity index (χ0v) is 13.3. The van der Waals surface area contributed by atoms with Crippen LogP contribution in [0.2, 0.25) is 0 Å². The van der Waals surface area contributed by atoms with Crippen molar-refractivity contribution >= 4 is 28.4 Å². The Bertz CT molecular complexity index is 582. The Hall–Kier alpha value is -1.22.